The van der Waals surface area contributed by atoms with Gasteiger partial charge in [0.25, 0.3) is 0 Å². The van der Waals surface area contributed by atoms with E-state index in [4.69, 9.17) is 9.31 Å². The molecular formula is C14H21BO3. The predicted octanol–water partition coefficient (Wildman–Crippen LogP) is 2.31. The van der Waals surface area contributed by atoms with E-state index in [1.165, 1.54) is 0 Å². The van der Waals surface area contributed by atoms with Gasteiger partial charge in [0.15, 0.2) is 0 Å². The molecule has 3 nitrogen and oxygen atoms in total. The van der Waals surface area contributed by atoms with Crippen LogP contribution in [0.15, 0.2) is 12.1 Å². The molecule has 4 heteroatoms. The quantitative estimate of drug-likeness (QED) is 0.775. The van der Waals surface area contributed by atoms with Crippen molar-refractivity contribution in [2.75, 3.05) is 0 Å². The smallest absolute Gasteiger partial charge is 0.495 e. The summed E-state index contributed by atoms with van der Waals surface area (Å²) in [4.78, 5) is 0. The standard InChI is InChI=1S/C14H21BO3/c1-9-7-8-11(10(2)12(9)16)15-17-13(3,4)14(5,6)18-15/h7-8,16H,1-6H3. The Morgan fingerprint density at radius 1 is 1.00 bits per heavy atom. The first-order valence-electron chi connectivity index (χ1n) is 6.30. The van der Waals surface area contributed by atoms with Gasteiger partial charge in [0.2, 0.25) is 0 Å². The molecular weight excluding hydrogens is 227 g/mol. The van der Waals surface area contributed by atoms with Crippen LogP contribution in [-0.4, -0.2) is 23.4 Å². The number of phenolic OH excluding ortho intramolecular Hbond substituents is 1. The van der Waals surface area contributed by atoms with Crippen molar-refractivity contribution in [1.82, 2.24) is 0 Å². The van der Waals surface area contributed by atoms with E-state index in [1.54, 1.807) is 0 Å². The van der Waals surface area contributed by atoms with Crippen LogP contribution < -0.4 is 5.46 Å². The normalized spacial score (nSPS) is 21.3. The molecule has 1 aromatic rings. The maximum absolute atomic E-state index is 10.00. The minimum absolute atomic E-state index is 0.321. The van der Waals surface area contributed by atoms with Gasteiger partial charge in [0.05, 0.1) is 11.2 Å². The van der Waals surface area contributed by atoms with E-state index in [2.05, 4.69) is 0 Å². The average Bonchev–Trinajstić information content (AvgIpc) is 2.45. The molecule has 1 aliphatic heterocycles. The molecule has 1 aliphatic rings. The third-order valence-corrected chi connectivity index (χ3v) is 4.18. The maximum atomic E-state index is 10.00. The fourth-order valence-electron chi connectivity index (χ4n) is 2.08. The SMILES string of the molecule is Cc1ccc(B2OC(C)(C)C(C)(C)O2)c(C)c1O. The van der Waals surface area contributed by atoms with Crippen LogP contribution in [0, 0.1) is 13.8 Å². The lowest BCUT2D eigenvalue weighted by Crippen LogP contribution is -2.41. The summed E-state index contributed by atoms with van der Waals surface area (Å²) in [5, 5.41) is 10.00. The van der Waals surface area contributed by atoms with Gasteiger partial charge in [-0.1, -0.05) is 12.1 Å². The molecule has 1 N–H and O–H groups in total. The number of benzene rings is 1. The van der Waals surface area contributed by atoms with Crippen molar-refractivity contribution in [3.8, 4) is 5.75 Å². The minimum Gasteiger partial charge on any atom is -0.507 e. The first-order chi connectivity index (χ1) is 8.16. The molecule has 0 amide bonds. The number of aryl methyl sites for hydroxylation is 1. The Hall–Kier alpha value is -0.995. The van der Waals surface area contributed by atoms with Crippen LogP contribution in [0.5, 0.6) is 5.75 Å². The summed E-state index contributed by atoms with van der Waals surface area (Å²) in [7, 11) is -0.415. The molecule has 0 atom stereocenters. The highest BCUT2D eigenvalue weighted by Crippen LogP contribution is 2.37. The highest BCUT2D eigenvalue weighted by Gasteiger charge is 2.52. The zero-order chi connectivity index (χ0) is 13.7. The van der Waals surface area contributed by atoms with Gasteiger partial charge in [0.1, 0.15) is 5.75 Å². The second-order valence-electron chi connectivity index (χ2n) is 6.03. The summed E-state index contributed by atoms with van der Waals surface area (Å²) < 4.78 is 12.0. The third kappa shape index (κ3) is 1.93. The summed E-state index contributed by atoms with van der Waals surface area (Å²) in [5.41, 5.74) is 1.88. The van der Waals surface area contributed by atoms with Gasteiger partial charge in [-0.3, -0.25) is 0 Å². The Morgan fingerprint density at radius 2 is 1.50 bits per heavy atom. The summed E-state index contributed by atoms with van der Waals surface area (Å²) in [6.45, 7) is 11.9. The molecule has 2 rings (SSSR count). The van der Waals surface area contributed by atoms with Crippen LogP contribution in [0.1, 0.15) is 38.8 Å². The third-order valence-electron chi connectivity index (χ3n) is 4.18. The van der Waals surface area contributed by atoms with Gasteiger partial charge in [-0.15, -0.1) is 0 Å². The van der Waals surface area contributed by atoms with E-state index >= 15 is 0 Å². The van der Waals surface area contributed by atoms with Crippen LogP contribution in [0.2, 0.25) is 0 Å². The van der Waals surface area contributed by atoms with Crippen molar-refractivity contribution in [2.24, 2.45) is 0 Å². The van der Waals surface area contributed by atoms with E-state index in [-0.39, 0.29) is 11.2 Å². The Kier molecular flexibility index (Phi) is 2.99. The molecule has 98 valence electrons. The summed E-state index contributed by atoms with van der Waals surface area (Å²) >= 11 is 0. The molecule has 0 bridgehead atoms. The van der Waals surface area contributed by atoms with Gasteiger partial charge in [-0.2, -0.15) is 0 Å². The molecule has 0 radical (unpaired) electrons. The largest absolute Gasteiger partial charge is 0.507 e. The van der Waals surface area contributed by atoms with E-state index < -0.39 is 7.12 Å². The summed E-state index contributed by atoms with van der Waals surface area (Å²) in [6.07, 6.45) is 0. The van der Waals surface area contributed by atoms with Gasteiger partial charge in [-0.05, 0) is 58.1 Å². The van der Waals surface area contributed by atoms with Gasteiger partial charge < -0.3 is 14.4 Å². The minimum atomic E-state index is -0.415. The van der Waals surface area contributed by atoms with Gasteiger partial charge in [-0.25, -0.2) is 0 Å². The van der Waals surface area contributed by atoms with Gasteiger partial charge in [0, 0.05) is 0 Å². The molecule has 0 spiro atoms. The first kappa shape index (κ1) is 13.4. The Morgan fingerprint density at radius 3 is 2.00 bits per heavy atom. The number of hydrogen-bond donors (Lipinski definition) is 1. The van der Waals surface area contributed by atoms with Gasteiger partial charge >= 0.3 is 7.12 Å². The van der Waals surface area contributed by atoms with Crippen molar-refractivity contribution in [2.45, 2.75) is 52.7 Å². The lowest BCUT2D eigenvalue weighted by atomic mass is 9.75. The van der Waals surface area contributed by atoms with Crippen LogP contribution in [-0.2, 0) is 9.31 Å². The van der Waals surface area contributed by atoms with Crippen molar-refractivity contribution in [1.29, 1.82) is 0 Å². The average molecular weight is 248 g/mol. The predicted molar refractivity (Wildman–Crippen MR) is 73.3 cm³/mol. The topological polar surface area (TPSA) is 38.7 Å². The van der Waals surface area contributed by atoms with Crippen LogP contribution >= 0.6 is 0 Å². The Labute approximate surface area is 109 Å². The monoisotopic (exact) mass is 248 g/mol. The lowest BCUT2D eigenvalue weighted by molar-refractivity contribution is 0.00578. The van der Waals surface area contributed by atoms with E-state index in [0.717, 1.165) is 16.6 Å². The second-order valence-corrected chi connectivity index (χ2v) is 6.03. The number of hydrogen-bond acceptors (Lipinski definition) is 3. The van der Waals surface area contributed by atoms with Crippen molar-refractivity contribution < 1.29 is 14.4 Å². The highest BCUT2D eigenvalue weighted by molar-refractivity contribution is 6.62. The molecule has 0 saturated carbocycles. The summed E-state index contributed by atoms with van der Waals surface area (Å²) in [5.74, 6) is 0.321. The zero-order valence-electron chi connectivity index (χ0n) is 12.0. The summed E-state index contributed by atoms with van der Waals surface area (Å²) in [6, 6.07) is 3.86. The number of phenols is 1. The fourth-order valence-corrected chi connectivity index (χ4v) is 2.08. The molecule has 0 unspecified atom stereocenters. The Balaban J connectivity index is 2.39. The number of rotatable bonds is 1. The molecule has 1 aromatic carbocycles. The molecule has 18 heavy (non-hydrogen) atoms. The molecule has 0 aromatic heterocycles. The molecule has 1 saturated heterocycles. The van der Waals surface area contributed by atoms with Crippen LogP contribution in [0.25, 0.3) is 0 Å². The highest BCUT2D eigenvalue weighted by atomic mass is 16.7. The van der Waals surface area contributed by atoms with Crippen molar-refractivity contribution in [3.63, 3.8) is 0 Å². The second kappa shape index (κ2) is 4.00. The fraction of sp³-hybridized carbons (Fsp3) is 0.571. The number of aromatic hydroxyl groups is 1. The van der Waals surface area contributed by atoms with Crippen molar-refractivity contribution in [3.05, 3.63) is 23.3 Å². The van der Waals surface area contributed by atoms with E-state index in [1.807, 2.05) is 53.7 Å². The zero-order valence-corrected chi connectivity index (χ0v) is 12.0. The molecule has 1 fully saturated rings. The maximum Gasteiger partial charge on any atom is 0.495 e. The Bertz CT molecular complexity index is 464. The van der Waals surface area contributed by atoms with Crippen LogP contribution in [0.3, 0.4) is 0 Å². The molecule has 0 aliphatic carbocycles. The van der Waals surface area contributed by atoms with E-state index in [9.17, 15) is 5.11 Å². The van der Waals surface area contributed by atoms with E-state index in [0.29, 0.717) is 5.75 Å². The molecule has 1 heterocycles. The first-order valence-corrected chi connectivity index (χ1v) is 6.30. The van der Waals surface area contributed by atoms with Crippen molar-refractivity contribution >= 4 is 12.6 Å². The lowest BCUT2D eigenvalue weighted by Gasteiger charge is -2.32. The van der Waals surface area contributed by atoms with Crippen LogP contribution in [0.4, 0.5) is 0 Å².